The highest BCUT2D eigenvalue weighted by atomic mass is 16.7. The first-order chi connectivity index (χ1) is 18.9. The van der Waals surface area contributed by atoms with E-state index >= 15 is 0 Å². The zero-order chi connectivity index (χ0) is 29.0. The number of phenols is 2. The van der Waals surface area contributed by atoms with Gasteiger partial charge in [0.2, 0.25) is 6.29 Å². The molecule has 2 aliphatic rings. The van der Waals surface area contributed by atoms with Crippen molar-refractivity contribution in [3.8, 4) is 28.6 Å². The van der Waals surface area contributed by atoms with Gasteiger partial charge in [-0.25, -0.2) is 0 Å². The maximum atomic E-state index is 13.5. The van der Waals surface area contributed by atoms with Crippen molar-refractivity contribution in [3.63, 3.8) is 0 Å². The van der Waals surface area contributed by atoms with Gasteiger partial charge in [0.15, 0.2) is 11.0 Å². The van der Waals surface area contributed by atoms with Crippen LogP contribution in [0.5, 0.6) is 17.2 Å². The molecule has 10 unspecified atom stereocenters. The zero-order valence-electron chi connectivity index (χ0n) is 21.4. The SMILES string of the molecule is CC1OC(Oc2cc(O)c(C3OC(C)C(O)C(O)C3O)c3oc(-c4ccc(O)cc4)cc(=O)c23)C(O)C(O)C1O. The molecule has 8 N–H and O–H groups in total. The lowest BCUT2D eigenvalue weighted by molar-refractivity contribution is -0.267. The fraction of sp³-hybridized carbons (Fsp3) is 0.444. The Morgan fingerprint density at radius 3 is 2.00 bits per heavy atom. The lowest BCUT2D eigenvalue weighted by atomic mass is 9.90. The van der Waals surface area contributed by atoms with E-state index in [4.69, 9.17) is 18.6 Å². The first-order valence-electron chi connectivity index (χ1n) is 12.6. The maximum absolute atomic E-state index is 13.5. The molecule has 1 aromatic heterocycles. The standard InChI is InChI=1S/C27H30O13/c1-9-19(31)21(33)23(35)26(37-9)18-14(30)8-16(40-27-24(36)22(34)20(32)10(2)38-27)17-13(29)7-15(39-25(17)18)11-3-5-12(28)6-4-11/h3-10,19-24,26-28,30-36H,1-2H3. The largest absolute Gasteiger partial charge is 0.508 e. The third kappa shape index (κ3) is 4.80. The van der Waals surface area contributed by atoms with Crippen LogP contribution in [0.25, 0.3) is 22.3 Å². The van der Waals surface area contributed by atoms with Crippen molar-refractivity contribution in [2.45, 2.75) is 75.1 Å². The summed E-state index contributed by atoms with van der Waals surface area (Å²) in [5.74, 6) is -0.933. The predicted molar refractivity (Wildman–Crippen MR) is 136 cm³/mol. The van der Waals surface area contributed by atoms with Crippen molar-refractivity contribution in [3.05, 3.63) is 52.2 Å². The van der Waals surface area contributed by atoms with Crippen molar-refractivity contribution in [1.29, 1.82) is 0 Å². The van der Waals surface area contributed by atoms with Crippen LogP contribution in [0.3, 0.4) is 0 Å². The molecule has 2 aromatic carbocycles. The molecule has 3 aromatic rings. The van der Waals surface area contributed by atoms with E-state index in [-0.39, 0.29) is 33.8 Å². The third-order valence-electron chi connectivity index (χ3n) is 7.32. The molecular formula is C27H30O13. The van der Waals surface area contributed by atoms with E-state index in [1.54, 1.807) is 0 Å². The Kier molecular flexibility index (Phi) is 7.50. The second-order valence-corrected chi connectivity index (χ2v) is 10.1. The monoisotopic (exact) mass is 562 g/mol. The molecule has 10 atom stereocenters. The van der Waals surface area contributed by atoms with Crippen LogP contribution in [0.1, 0.15) is 25.5 Å². The highest BCUT2D eigenvalue weighted by Crippen LogP contribution is 2.44. The number of phenolic OH excluding ortho intramolecular Hbond substituents is 2. The topological polar surface area (TPSA) is 220 Å². The van der Waals surface area contributed by atoms with Gasteiger partial charge in [0, 0.05) is 17.7 Å². The Labute approximate surface area is 226 Å². The number of benzene rings is 2. The lowest BCUT2D eigenvalue weighted by Crippen LogP contribution is -2.58. The summed E-state index contributed by atoms with van der Waals surface area (Å²) >= 11 is 0. The Hall–Kier alpha value is -3.27. The molecule has 2 saturated heterocycles. The number of fused-ring (bicyclic) bond motifs is 1. The maximum Gasteiger partial charge on any atom is 0.229 e. The van der Waals surface area contributed by atoms with E-state index in [9.17, 15) is 45.6 Å². The number of aromatic hydroxyl groups is 2. The van der Waals surface area contributed by atoms with E-state index in [2.05, 4.69) is 0 Å². The van der Waals surface area contributed by atoms with Gasteiger partial charge < -0.3 is 59.5 Å². The van der Waals surface area contributed by atoms with Crippen LogP contribution in [-0.2, 0) is 9.47 Å². The van der Waals surface area contributed by atoms with Crippen molar-refractivity contribution in [2.75, 3.05) is 0 Å². The zero-order valence-corrected chi connectivity index (χ0v) is 21.4. The molecule has 0 aliphatic carbocycles. The van der Waals surface area contributed by atoms with Crippen LogP contribution in [0.4, 0.5) is 0 Å². The van der Waals surface area contributed by atoms with Gasteiger partial charge in [-0.15, -0.1) is 0 Å². The summed E-state index contributed by atoms with van der Waals surface area (Å²) in [5, 5.41) is 82.5. The summed E-state index contributed by atoms with van der Waals surface area (Å²) in [7, 11) is 0. The third-order valence-corrected chi connectivity index (χ3v) is 7.32. The van der Waals surface area contributed by atoms with Crippen LogP contribution < -0.4 is 10.2 Å². The van der Waals surface area contributed by atoms with Crippen LogP contribution in [0.2, 0.25) is 0 Å². The summed E-state index contributed by atoms with van der Waals surface area (Å²) < 4.78 is 23.0. The Bertz CT molecular complexity index is 1440. The van der Waals surface area contributed by atoms with Gasteiger partial charge in [-0.2, -0.15) is 0 Å². The highest BCUT2D eigenvalue weighted by molar-refractivity contribution is 5.90. The summed E-state index contributed by atoms with van der Waals surface area (Å²) in [6.07, 6.45) is -14.6. The van der Waals surface area contributed by atoms with Gasteiger partial charge in [0.05, 0.1) is 17.8 Å². The summed E-state index contributed by atoms with van der Waals surface area (Å²) in [6.45, 7) is 2.89. The van der Waals surface area contributed by atoms with E-state index in [0.29, 0.717) is 5.56 Å². The fourth-order valence-electron chi connectivity index (χ4n) is 4.97. The molecule has 216 valence electrons. The molecule has 5 rings (SSSR count). The summed E-state index contributed by atoms with van der Waals surface area (Å²) in [5.41, 5.74) is -0.832. The van der Waals surface area contributed by atoms with E-state index < -0.39 is 72.4 Å². The summed E-state index contributed by atoms with van der Waals surface area (Å²) in [4.78, 5) is 13.5. The second-order valence-electron chi connectivity index (χ2n) is 10.1. The van der Waals surface area contributed by atoms with Crippen LogP contribution in [0.15, 0.2) is 45.6 Å². The molecule has 0 spiro atoms. The highest BCUT2D eigenvalue weighted by Gasteiger charge is 2.46. The molecule has 40 heavy (non-hydrogen) atoms. The minimum Gasteiger partial charge on any atom is -0.508 e. The van der Waals surface area contributed by atoms with Gasteiger partial charge >= 0.3 is 0 Å². The first kappa shape index (κ1) is 28.3. The number of hydrogen-bond donors (Lipinski definition) is 8. The van der Waals surface area contributed by atoms with Crippen molar-refractivity contribution in [2.24, 2.45) is 0 Å². The van der Waals surface area contributed by atoms with E-state index in [1.807, 2.05) is 0 Å². The van der Waals surface area contributed by atoms with E-state index in [0.717, 1.165) is 12.1 Å². The molecule has 2 fully saturated rings. The second kappa shape index (κ2) is 10.6. The van der Waals surface area contributed by atoms with E-state index in [1.165, 1.54) is 38.1 Å². The molecule has 0 radical (unpaired) electrons. The number of aliphatic hydroxyl groups is 6. The molecule has 0 amide bonds. The van der Waals surface area contributed by atoms with Gasteiger partial charge in [-0.05, 0) is 38.1 Å². The Balaban J connectivity index is 1.70. The van der Waals surface area contributed by atoms with Crippen molar-refractivity contribution in [1.82, 2.24) is 0 Å². The number of ether oxygens (including phenoxy) is 3. The minimum absolute atomic E-state index is 0.00958. The van der Waals surface area contributed by atoms with Gasteiger partial charge in [-0.1, -0.05) is 0 Å². The minimum atomic E-state index is -1.74. The first-order valence-corrected chi connectivity index (χ1v) is 12.6. The normalized spacial score (nSPS) is 34.6. The molecule has 2 aliphatic heterocycles. The molecule has 3 heterocycles. The average molecular weight is 563 g/mol. The molecule has 13 heteroatoms. The average Bonchev–Trinajstić information content (AvgIpc) is 2.91. The van der Waals surface area contributed by atoms with Crippen LogP contribution in [0, 0.1) is 0 Å². The number of aliphatic hydroxyl groups excluding tert-OH is 6. The summed E-state index contributed by atoms with van der Waals surface area (Å²) in [6, 6.07) is 7.83. The number of rotatable bonds is 4. The molecule has 0 saturated carbocycles. The predicted octanol–water partition coefficient (Wildman–Crippen LogP) is -0.380. The lowest BCUT2D eigenvalue weighted by Gasteiger charge is -2.40. The smallest absolute Gasteiger partial charge is 0.229 e. The molecule has 0 bridgehead atoms. The Morgan fingerprint density at radius 1 is 0.750 bits per heavy atom. The van der Waals surface area contributed by atoms with Gasteiger partial charge in [0.1, 0.15) is 71.1 Å². The van der Waals surface area contributed by atoms with Crippen LogP contribution in [-0.4, -0.2) is 96.0 Å². The Morgan fingerprint density at radius 2 is 1.35 bits per heavy atom. The fourth-order valence-corrected chi connectivity index (χ4v) is 4.97. The van der Waals surface area contributed by atoms with Gasteiger partial charge in [-0.3, -0.25) is 4.79 Å². The molecule has 13 nitrogen and oxygen atoms in total. The quantitative estimate of drug-likeness (QED) is 0.203. The molecular weight excluding hydrogens is 532 g/mol. The van der Waals surface area contributed by atoms with Gasteiger partial charge in [0.25, 0.3) is 0 Å². The van der Waals surface area contributed by atoms with Crippen LogP contribution >= 0.6 is 0 Å². The van der Waals surface area contributed by atoms with Crippen molar-refractivity contribution >= 4 is 11.0 Å². The van der Waals surface area contributed by atoms with Crippen molar-refractivity contribution < 1.29 is 59.5 Å². The number of hydrogen-bond acceptors (Lipinski definition) is 13.